The summed E-state index contributed by atoms with van der Waals surface area (Å²) in [5.41, 5.74) is 12.9. The number of hydrazone groups is 1. The number of guanidine groups is 1. The summed E-state index contributed by atoms with van der Waals surface area (Å²) in [5, 5.41) is 2.87. The highest BCUT2D eigenvalue weighted by molar-refractivity contribution is 6.30. The zero-order chi connectivity index (χ0) is 10.6. The molecule has 90 valence electrons. The molecule has 0 spiro atoms. The van der Waals surface area contributed by atoms with E-state index < -0.39 is 0 Å². The molecule has 1 rings (SSSR count). The van der Waals surface area contributed by atoms with Crippen molar-refractivity contribution in [1.29, 1.82) is 0 Å². The molecule has 0 bridgehead atoms. The number of nitrogens with one attached hydrogen (secondary N) is 2. The van der Waals surface area contributed by atoms with Gasteiger partial charge in [0.2, 0.25) is 0 Å². The maximum absolute atomic E-state index is 11.3. The fraction of sp³-hybridized carbons (Fsp3) is 0. The van der Waals surface area contributed by atoms with Gasteiger partial charge in [-0.15, -0.1) is 0 Å². The van der Waals surface area contributed by atoms with Crippen molar-refractivity contribution in [2.75, 3.05) is 0 Å². The predicted octanol–water partition coefficient (Wildman–Crippen LogP) is -5.48. The van der Waals surface area contributed by atoms with Crippen molar-refractivity contribution in [3.63, 3.8) is 0 Å². The maximum atomic E-state index is 11.3. The quantitative estimate of drug-likeness (QED) is 0.242. The van der Waals surface area contributed by atoms with Crippen molar-refractivity contribution in [3.05, 3.63) is 34.9 Å². The molecule has 0 aromatic heterocycles. The van der Waals surface area contributed by atoms with Crippen molar-refractivity contribution in [2.45, 2.75) is 0 Å². The van der Waals surface area contributed by atoms with Crippen LogP contribution >= 0.6 is 11.6 Å². The number of benzene rings is 1. The van der Waals surface area contributed by atoms with Crippen LogP contribution in [0.2, 0.25) is 5.02 Å². The van der Waals surface area contributed by atoms with Crippen molar-refractivity contribution < 1.29 is 27.8 Å². The summed E-state index contributed by atoms with van der Waals surface area (Å²) in [5.74, 6) is -0.414. The van der Waals surface area contributed by atoms with Crippen LogP contribution in [-0.2, 0) is 0 Å². The second kappa shape index (κ2) is 7.75. The molecule has 1 aromatic rings. The number of nitrogens with two attached hydrogens (primary N) is 2. The van der Waals surface area contributed by atoms with Gasteiger partial charge in [0.05, 0.1) is 0 Å². The maximum Gasteiger partial charge on any atom is 0.360 e. The zero-order valence-corrected chi connectivity index (χ0v) is 9.64. The number of halogens is 2. The van der Waals surface area contributed by atoms with E-state index in [4.69, 9.17) is 23.1 Å². The van der Waals surface area contributed by atoms with E-state index in [1.165, 1.54) is 0 Å². The number of rotatable bonds is 2. The fourth-order valence-electron chi connectivity index (χ4n) is 0.802. The molecule has 1 amide bonds. The monoisotopic (exact) mass is 266 g/mol. The molecule has 6 nitrogen and oxygen atoms in total. The summed E-state index contributed by atoms with van der Waals surface area (Å²) < 4.78 is 0. The SMILES string of the molecule is NC(N)=[NH+]NC(=O)c1ccc(Cl)cc1.O.[Cl-]. The lowest BCUT2D eigenvalue weighted by molar-refractivity contribution is -0.510. The largest absolute Gasteiger partial charge is 1.00 e. The third kappa shape index (κ3) is 5.40. The third-order valence-corrected chi connectivity index (χ3v) is 1.68. The minimum atomic E-state index is -0.338. The van der Waals surface area contributed by atoms with Crippen LogP contribution in [0.3, 0.4) is 0 Å². The number of carbonyl (C=O) groups is 1. The molecule has 0 heterocycles. The standard InChI is InChI=1S/C8H9ClN4O.ClH.H2O/c9-6-3-1-5(2-4-6)7(14)12-13-8(10)11;;/h1-4H,(H,12,14)(H4,10,11,13);1H;1H2. The molecular formula is C8H12Cl2N4O2. The Morgan fingerprint density at radius 3 is 2.19 bits per heavy atom. The van der Waals surface area contributed by atoms with E-state index in [-0.39, 0.29) is 29.7 Å². The number of hydrogen-bond acceptors (Lipinski definition) is 1. The first kappa shape index (κ1) is 16.9. The summed E-state index contributed by atoms with van der Waals surface area (Å²) in [6.07, 6.45) is 0. The lowest BCUT2D eigenvalue weighted by Crippen LogP contribution is -3.00. The molecule has 0 unspecified atom stereocenters. The van der Waals surface area contributed by atoms with Gasteiger partial charge >= 0.3 is 5.96 Å². The number of hydrazine groups is 1. The second-order valence-electron chi connectivity index (χ2n) is 2.54. The van der Waals surface area contributed by atoms with Crippen LogP contribution in [0.5, 0.6) is 0 Å². The Bertz CT molecular complexity index is 363. The molecular weight excluding hydrogens is 255 g/mol. The molecule has 0 atom stereocenters. The highest BCUT2D eigenvalue weighted by Gasteiger charge is 2.03. The number of hydrogen-bond donors (Lipinski definition) is 4. The third-order valence-electron chi connectivity index (χ3n) is 1.43. The van der Waals surface area contributed by atoms with E-state index in [1.54, 1.807) is 24.3 Å². The Morgan fingerprint density at radius 1 is 1.25 bits per heavy atom. The van der Waals surface area contributed by atoms with Gasteiger partial charge in [-0.05, 0) is 24.3 Å². The predicted molar refractivity (Wildman–Crippen MR) is 56.9 cm³/mol. The topological polar surface area (TPSA) is 127 Å². The van der Waals surface area contributed by atoms with Gasteiger partial charge < -0.3 is 17.9 Å². The molecule has 8 N–H and O–H groups in total. The first-order valence-electron chi connectivity index (χ1n) is 3.79. The molecule has 8 heteroatoms. The van der Waals surface area contributed by atoms with E-state index in [1.807, 2.05) is 0 Å². The molecule has 0 aliphatic heterocycles. The first-order valence-corrected chi connectivity index (χ1v) is 4.17. The molecule has 0 aliphatic carbocycles. The van der Waals surface area contributed by atoms with Crippen molar-refractivity contribution in [1.82, 2.24) is 5.43 Å². The molecule has 0 fully saturated rings. The Labute approximate surface area is 103 Å². The Morgan fingerprint density at radius 2 is 1.75 bits per heavy atom. The van der Waals surface area contributed by atoms with Gasteiger partial charge in [0, 0.05) is 10.6 Å². The van der Waals surface area contributed by atoms with E-state index in [2.05, 4.69) is 10.5 Å². The van der Waals surface area contributed by atoms with Crippen LogP contribution in [0.1, 0.15) is 10.4 Å². The average Bonchev–Trinajstić information content (AvgIpc) is 2.15. The van der Waals surface area contributed by atoms with Gasteiger partial charge in [-0.2, -0.15) is 5.10 Å². The number of amides is 1. The van der Waals surface area contributed by atoms with Gasteiger partial charge in [-0.25, -0.2) is 5.43 Å². The van der Waals surface area contributed by atoms with Crippen LogP contribution in [0, 0.1) is 0 Å². The lowest BCUT2D eigenvalue weighted by atomic mass is 10.2. The molecule has 0 saturated carbocycles. The van der Waals surface area contributed by atoms with Crippen LogP contribution in [0.15, 0.2) is 24.3 Å². The fourth-order valence-corrected chi connectivity index (χ4v) is 0.928. The van der Waals surface area contributed by atoms with Crippen LogP contribution < -0.4 is 34.4 Å². The van der Waals surface area contributed by atoms with E-state index >= 15 is 0 Å². The lowest BCUT2D eigenvalue weighted by Gasteiger charge is -1.98. The highest BCUT2D eigenvalue weighted by atomic mass is 35.5. The smallest absolute Gasteiger partial charge is 0.360 e. The van der Waals surface area contributed by atoms with Crippen molar-refractivity contribution in [3.8, 4) is 0 Å². The Hall–Kier alpha value is -1.50. The highest BCUT2D eigenvalue weighted by Crippen LogP contribution is 2.08. The molecule has 1 aromatic carbocycles. The molecule has 0 aliphatic rings. The van der Waals surface area contributed by atoms with Crippen LogP contribution in [-0.4, -0.2) is 17.3 Å². The second-order valence-corrected chi connectivity index (χ2v) is 2.98. The number of carbonyl (C=O) groups excluding carboxylic acids is 1. The minimum Gasteiger partial charge on any atom is -1.00 e. The van der Waals surface area contributed by atoms with Crippen molar-refractivity contribution >= 4 is 23.5 Å². The van der Waals surface area contributed by atoms with Crippen molar-refractivity contribution in [2.24, 2.45) is 11.5 Å². The Balaban J connectivity index is 0. The molecule has 0 saturated heterocycles. The normalized spacial score (nSPS) is 8.06. The molecule has 0 radical (unpaired) electrons. The zero-order valence-electron chi connectivity index (χ0n) is 8.13. The van der Waals surface area contributed by atoms with E-state index in [0.717, 1.165) is 0 Å². The van der Waals surface area contributed by atoms with Gasteiger partial charge in [-0.3, -0.25) is 16.3 Å². The molecule has 16 heavy (non-hydrogen) atoms. The van der Waals surface area contributed by atoms with E-state index in [9.17, 15) is 4.79 Å². The van der Waals surface area contributed by atoms with Gasteiger partial charge in [0.1, 0.15) is 0 Å². The van der Waals surface area contributed by atoms with Crippen LogP contribution in [0.4, 0.5) is 0 Å². The average molecular weight is 267 g/mol. The van der Waals surface area contributed by atoms with Gasteiger partial charge in [0.15, 0.2) is 0 Å². The minimum absolute atomic E-state index is 0. The summed E-state index contributed by atoms with van der Waals surface area (Å²) in [4.78, 5) is 11.3. The summed E-state index contributed by atoms with van der Waals surface area (Å²) in [6, 6.07) is 6.41. The summed E-state index contributed by atoms with van der Waals surface area (Å²) in [7, 11) is 0. The summed E-state index contributed by atoms with van der Waals surface area (Å²) in [6.45, 7) is 0. The Kier molecular flexibility index (Phi) is 8.19. The van der Waals surface area contributed by atoms with Gasteiger partial charge in [0.25, 0.3) is 5.91 Å². The van der Waals surface area contributed by atoms with E-state index in [0.29, 0.717) is 10.6 Å². The summed E-state index contributed by atoms with van der Waals surface area (Å²) >= 11 is 5.65. The van der Waals surface area contributed by atoms with Crippen LogP contribution in [0.25, 0.3) is 0 Å². The van der Waals surface area contributed by atoms with Gasteiger partial charge in [-0.1, -0.05) is 11.6 Å². The first-order chi connectivity index (χ1) is 6.59.